The molecule has 1 aromatic heterocycles. The third-order valence-corrected chi connectivity index (χ3v) is 2.57. The van der Waals surface area contributed by atoms with E-state index in [2.05, 4.69) is 16.0 Å². The van der Waals surface area contributed by atoms with Crippen molar-refractivity contribution in [3.05, 3.63) is 52.6 Å². The predicted molar refractivity (Wildman–Crippen MR) is 57.6 cm³/mol. The van der Waals surface area contributed by atoms with Gasteiger partial charge in [0.25, 0.3) is 0 Å². The fraction of sp³-hybridized carbons (Fsp3) is 0.182. The minimum atomic E-state index is 0.799. The van der Waals surface area contributed by atoms with Crippen LogP contribution in [0.2, 0.25) is 5.02 Å². The van der Waals surface area contributed by atoms with Gasteiger partial charge in [-0.2, -0.15) is 0 Å². The average Bonchev–Trinajstić information content (AvgIpc) is 2.64. The molecule has 14 heavy (non-hydrogen) atoms. The number of halogens is 1. The minimum absolute atomic E-state index is 0.799. The molecule has 0 atom stereocenters. The van der Waals surface area contributed by atoms with Gasteiger partial charge in [-0.05, 0) is 24.1 Å². The first-order chi connectivity index (χ1) is 6.75. The van der Waals surface area contributed by atoms with E-state index < -0.39 is 0 Å². The summed E-state index contributed by atoms with van der Waals surface area (Å²) >= 11 is 6.02. The number of aromatic nitrogens is 2. The van der Waals surface area contributed by atoms with Gasteiger partial charge in [0.05, 0.1) is 0 Å². The number of benzene rings is 1. The number of nitrogens with one attached hydrogen (secondary N) is 1. The first-order valence-corrected chi connectivity index (χ1v) is 4.87. The van der Waals surface area contributed by atoms with Crippen LogP contribution in [0, 0.1) is 6.92 Å². The lowest BCUT2D eigenvalue weighted by molar-refractivity contribution is 1.02. The molecule has 0 aliphatic heterocycles. The topological polar surface area (TPSA) is 28.7 Å². The second-order valence-corrected chi connectivity index (χ2v) is 3.70. The number of imidazole rings is 1. The molecule has 1 aromatic carbocycles. The highest BCUT2D eigenvalue weighted by Gasteiger charge is 2.00. The summed E-state index contributed by atoms with van der Waals surface area (Å²) in [6.45, 7) is 2.00. The van der Waals surface area contributed by atoms with E-state index in [0.29, 0.717) is 0 Å². The van der Waals surface area contributed by atoms with Crippen LogP contribution in [0.15, 0.2) is 30.6 Å². The van der Waals surface area contributed by atoms with Crippen molar-refractivity contribution in [2.45, 2.75) is 13.3 Å². The van der Waals surface area contributed by atoms with Crippen LogP contribution in [0.5, 0.6) is 0 Å². The Labute approximate surface area is 88.0 Å². The van der Waals surface area contributed by atoms with E-state index in [1.54, 1.807) is 6.20 Å². The molecule has 3 heteroatoms. The fourth-order valence-corrected chi connectivity index (χ4v) is 1.54. The van der Waals surface area contributed by atoms with E-state index >= 15 is 0 Å². The Morgan fingerprint density at radius 3 is 2.93 bits per heavy atom. The summed E-state index contributed by atoms with van der Waals surface area (Å²) in [6.07, 6.45) is 4.38. The molecule has 1 heterocycles. The summed E-state index contributed by atoms with van der Waals surface area (Å²) in [5.41, 5.74) is 2.28. The van der Waals surface area contributed by atoms with Gasteiger partial charge < -0.3 is 4.98 Å². The molecule has 1 N–H and O–H groups in total. The molecular formula is C11H11ClN2. The number of H-pyrrole nitrogens is 1. The molecule has 0 amide bonds. The fourth-order valence-electron chi connectivity index (χ4n) is 1.33. The standard InChI is InChI=1S/C11H11ClN2/c1-8-2-3-9(6-10(8)12)7-11-13-4-5-14-11/h2-6H,7H2,1H3,(H,13,14). The highest BCUT2D eigenvalue weighted by Crippen LogP contribution is 2.17. The van der Waals surface area contributed by atoms with Crippen LogP contribution in [0.25, 0.3) is 0 Å². The second kappa shape index (κ2) is 3.84. The van der Waals surface area contributed by atoms with Crippen molar-refractivity contribution < 1.29 is 0 Å². The van der Waals surface area contributed by atoms with Crippen molar-refractivity contribution in [1.29, 1.82) is 0 Å². The first-order valence-electron chi connectivity index (χ1n) is 4.49. The Kier molecular flexibility index (Phi) is 2.55. The predicted octanol–water partition coefficient (Wildman–Crippen LogP) is 2.96. The molecule has 0 aliphatic rings. The van der Waals surface area contributed by atoms with Gasteiger partial charge in [-0.25, -0.2) is 4.98 Å². The van der Waals surface area contributed by atoms with Crippen LogP contribution in [0.1, 0.15) is 17.0 Å². The molecule has 2 aromatic rings. The van der Waals surface area contributed by atoms with Crippen LogP contribution in [0.4, 0.5) is 0 Å². The summed E-state index contributed by atoms with van der Waals surface area (Å²) in [5.74, 6) is 0.963. The van der Waals surface area contributed by atoms with Gasteiger partial charge in [-0.15, -0.1) is 0 Å². The first kappa shape index (κ1) is 9.28. The maximum absolute atomic E-state index is 6.02. The van der Waals surface area contributed by atoms with Crippen LogP contribution < -0.4 is 0 Å². The Balaban J connectivity index is 2.22. The zero-order chi connectivity index (χ0) is 9.97. The van der Waals surface area contributed by atoms with E-state index in [-0.39, 0.29) is 0 Å². The molecular weight excluding hydrogens is 196 g/mol. The number of hydrogen-bond donors (Lipinski definition) is 1. The molecule has 0 saturated heterocycles. The van der Waals surface area contributed by atoms with Crippen molar-refractivity contribution in [3.8, 4) is 0 Å². The second-order valence-electron chi connectivity index (χ2n) is 3.30. The van der Waals surface area contributed by atoms with Gasteiger partial charge in [0, 0.05) is 23.8 Å². The number of rotatable bonds is 2. The summed E-state index contributed by atoms with van der Waals surface area (Å²) < 4.78 is 0. The zero-order valence-electron chi connectivity index (χ0n) is 7.92. The number of nitrogens with zero attached hydrogens (tertiary/aromatic N) is 1. The molecule has 0 radical (unpaired) electrons. The average molecular weight is 207 g/mol. The third-order valence-electron chi connectivity index (χ3n) is 2.16. The SMILES string of the molecule is Cc1ccc(Cc2ncc[nH]2)cc1Cl. The lowest BCUT2D eigenvalue weighted by Gasteiger charge is -2.01. The van der Waals surface area contributed by atoms with Gasteiger partial charge in [0.15, 0.2) is 0 Å². The van der Waals surface area contributed by atoms with Crippen molar-refractivity contribution in [2.24, 2.45) is 0 Å². The number of aryl methyl sites for hydroxylation is 1. The quantitative estimate of drug-likeness (QED) is 0.804. The van der Waals surface area contributed by atoms with Gasteiger partial charge in [-0.3, -0.25) is 0 Å². The number of hydrogen-bond acceptors (Lipinski definition) is 1. The van der Waals surface area contributed by atoms with E-state index in [0.717, 1.165) is 22.8 Å². The van der Waals surface area contributed by atoms with E-state index in [1.165, 1.54) is 5.56 Å². The van der Waals surface area contributed by atoms with Crippen molar-refractivity contribution in [2.75, 3.05) is 0 Å². The summed E-state index contributed by atoms with van der Waals surface area (Å²) in [4.78, 5) is 7.23. The maximum Gasteiger partial charge on any atom is 0.110 e. The summed E-state index contributed by atoms with van der Waals surface area (Å²) in [7, 11) is 0. The Bertz CT molecular complexity index is 421. The summed E-state index contributed by atoms with van der Waals surface area (Å²) in [5, 5.41) is 0.814. The third kappa shape index (κ3) is 1.96. The highest BCUT2D eigenvalue weighted by atomic mass is 35.5. The largest absolute Gasteiger partial charge is 0.348 e. The van der Waals surface area contributed by atoms with E-state index in [1.807, 2.05) is 25.3 Å². The molecule has 72 valence electrons. The van der Waals surface area contributed by atoms with Crippen molar-refractivity contribution >= 4 is 11.6 Å². The monoisotopic (exact) mass is 206 g/mol. The highest BCUT2D eigenvalue weighted by molar-refractivity contribution is 6.31. The summed E-state index contributed by atoms with van der Waals surface area (Å²) in [6, 6.07) is 6.09. The van der Waals surface area contributed by atoms with Crippen LogP contribution in [-0.2, 0) is 6.42 Å². The van der Waals surface area contributed by atoms with Gasteiger partial charge in [0.2, 0.25) is 0 Å². The Morgan fingerprint density at radius 2 is 2.29 bits per heavy atom. The van der Waals surface area contributed by atoms with Crippen LogP contribution in [0.3, 0.4) is 0 Å². The van der Waals surface area contributed by atoms with E-state index in [4.69, 9.17) is 11.6 Å². The molecule has 0 aliphatic carbocycles. The smallest absolute Gasteiger partial charge is 0.110 e. The van der Waals surface area contributed by atoms with Crippen LogP contribution in [-0.4, -0.2) is 9.97 Å². The van der Waals surface area contributed by atoms with E-state index in [9.17, 15) is 0 Å². The Hall–Kier alpha value is -1.28. The number of aromatic amines is 1. The lowest BCUT2D eigenvalue weighted by atomic mass is 10.1. The normalized spacial score (nSPS) is 10.4. The molecule has 0 saturated carbocycles. The molecule has 0 fully saturated rings. The molecule has 2 nitrogen and oxygen atoms in total. The van der Waals surface area contributed by atoms with Crippen molar-refractivity contribution in [1.82, 2.24) is 9.97 Å². The van der Waals surface area contributed by atoms with Gasteiger partial charge in [-0.1, -0.05) is 23.7 Å². The molecule has 2 rings (SSSR count). The Morgan fingerprint density at radius 1 is 1.43 bits per heavy atom. The van der Waals surface area contributed by atoms with Gasteiger partial charge in [0.1, 0.15) is 5.82 Å². The molecule has 0 unspecified atom stereocenters. The molecule has 0 bridgehead atoms. The van der Waals surface area contributed by atoms with Gasteiger partial charge >= 0.3 is 0 Å². The maximum atomic E-state index is 6.02. The molecule has 0 spiro atoms. The van der Waals surface area contributed by atoms with Crippen LogP contribution >= 0.6 is 11.6 Å². The van der Waals surface area contributed by atoms with Crippen molar-refractivity contribution in [3.63, 3.8) is 0 Å². The minimum Gasteiger partial charge on any atom is -0.348 e. The lowest BCUT2D eigenvalue weighted by Crippen LogP contribution is -1.90. The zero-order valence-corrected chi connectivity index (χ0v) is 8.67.